The molecule has 2 aromatic carbocycles. The van der Waals surface area contributed by atoms with Crippen LogP contribution >= 0.6 is 11.3 Å². The van der Waals surface area contributed by atoms with Crippen LogP contribution in [0.4, 0.5) is 19.0 Å². The highest BCUT2D eigenvalue weighted by atomic mass is 32.1. The number of hydrogen-bond acceptors (Lipinski definition) is 7. The Hall–Kier alpha value is -4.06. The van der Waals surface area contributed by atoms with E-state index in [-0.39, 0.29) is 11.8 Å². The summed E-state index contributed by atoms with van der Waals surface area (Å²) >= 11 is 1.58. The van der Waals surface area contributed by atoms with Gasteiger partial charge in [-0.15, -0.1) is 16.4 Å². The number of nitrogens with one attached hydrogen (secondary N) is 1. The Kier molecular flexibility index (Phi) is 6.18. The van der Waals surface area contributed by atoms with Gasteiger partial charge in [-0.2, -0.15) is 13.2 Å². The molecule has 1 amide bonds. The lowest BCUT2D eigenvalue weighted by molar-refractivity contribution is -0.137. The second-order valence-electron chi connectivity index (χ2n) is 9.21. The first-order chi connectivity index (χ1) is 18.3. The van der Waals surface area contributed by atoms with E-state index in [2.05, 4.69) is 30.3 Å². The van der Waals surface area contributed by atoms with E-state index < -0.39 is 11.7 Å². The van der Waals surface area contributed by atoms with Gasteiger partial charge in [0, 0.05) is 25.8 Å². The zero-order valence-electron chi connectivity index (χ0n) is 20.0. The van der Waals surface area contributed by atoms with Crippen LogP contribution in [0.1, 0.15) is 24.0 Å². The number of anilines is 1. The molecule has 1 fully saturated rings. The first-order valence-electron chi connectivity index (χ1n) is 12.1. The van der Waals surface area contributed by atoms with Crippen molar-refractivity contribution in [2.45, 2.75) is 25.6 Å². The summed E-state index contributed by atoms with van der Waals surface area (Å²) in [7, 11) is 0. The summed E-state index contributed by atoms with van der Waals surface area (Å²) in [6.07, 6.45) is 0.317. The third-order valence-electron chi connectivity index (χ3n) is 6.71. The SMILES string of the molecule is O=C(NCc1ccc2scnc2c1)C1CCCN(c2ncnc3nn(-c4ccc(C(F)(F)F)cc4)cc23)C1. The lowest BCUT2D eigenvalue weighted by Crippen LogP contribution is -2.43. The van der Waals surface area contributed by atoms with Gasteiger partial charge in [0.2, 0.25) is 5.91 Å². The molecule has 1 saturated heterocycles. The minimum Gasteiger partial charge on any atom is -0.355 e. The highest BCUT2D eigenvalue weighted by Crippen LogP contribution is 2.31. The van der Waals surface area contributed by atoms with Gasteiger partial charge in [0.05, 0.1) is 38.3 Å². The second-order valence-corrected chi connectivity index (χ2v) is 10.1. The molecule has 8 nitrogen and oxygen atoms in total. The molecule has 12 heteroatoms. The van der Waals surface area contributed by atoms with Crippen LogP contribution in [0, 0.1) is 5.92 Å². The van der Waals surface area contributed by atoms with E-state index in [4.69, 9.17) is 0 Å². The fourth-order valence-corrected chi connectivity index (χ4v) is 5.40. The number of amides is 1. The third-order valence-corrected chi connectivity index (χ3v) is 7.52. The molecule has 1 atom stereocenters. The number of aromatic nitrogens is 5. The van der Waals surface area contributed by atoms with Crippen molar-refractivity contribution >= 4 is 44.3 Å². The van der Waals surface area contributed by atoms with Crippen molar-refractivity contribution < 1.29 is 18.0 Å². The van der Waals surface area contributed by atoms with Gasteiger partial charge in [0.15, 0.2) is 5.65 Å². The average Bonchev–Trinajstić information content (AvgIpc) is 3.58. The number of carbonyl (C=O) groups is 1. The lowest BCUT2D eigenvalue weighted by atomic mass is 9.97. The first-order valence-corrected chi connectivity index (χ1v) is 13.0. The topological polar surface area (TPSA) is 88.8 Å². The maximum atomic E-state index is 13.0. The summed E-state index contributed by atoms with van der Waals surface area (Å²) in [5.74, 6) is 0.431. The summed E-state index contributed by atoms with van der Waals surface area (Å²) < 4.78 is 41.4. The summed E-state index contributed by atoms with van der Waals surface area (Å²) in [5, 5.41) is 8.17. The molecular formula is C26H22F3N7OS. The molecule has 4 heterocycles. The molecule has 3 aromatic heterocycles. The number of fused-ring (bicyclic) bond motifs is 2. The van der Waals surface area contributed by atoms with E-state index in [1.807, 2.05) is 18.2 Å². The molecule has 1 aliphatic heterocycles. The van der Waals surface area contributed by atoms with Gasteiger partial charge in [-0.3, -0.25) is 4.79 Å². The Morgan fingerprint density at radius 2 is 1.95 bits per heavy atom. The minimum atomic E-state index is -4.40. The number of halogens is 3. The quantitative estimate of drug-likeness (QED) is 0.340. The molecule has 0 saturated carbocycles. The largest absolute Gasteiger partial charge is 0.416 e. The molecule has 1 aliphatic rings. The molecular weight excluding hydrogens is 515 g/mol. The van der Waals surface area contributed by atoms with Crippen LogP contribution in [0.3, 0.4) is 0 Å². The molecule has 0 aliphatic carbocycles. The van der Waals surface area contributed by atoms with Crippen LogP contribution in [-0.2, 0) is 17.5 Å². The van der Waals surface area contributed by atoms with Gasteiger partial charge in [-0.05, 0) is 54.8 Å². The molecule has 6 rings (SSSR count). The number of piperidine rings is 1. The molecule has 1 N–H and O–H groups in total. The summed E-state index contributed by atoms with van der Waals surface area (Å²) in [5.41, 5.74) is 3.92. The van der Waals surface area contributed by atoms with Crippen LogP contribution in [0.5, 0.6) is 0 Å². The Labute approximate surface area is 219 Å². The highest BCUT2D eigenvalue weighted by molar-refractivity contribution is 7.16. The van der Waals surface area contributed by atoms with E-state index in [1.54, 1.807) is 23.0 Å². The van der Waals surface area contributed by atoms with Crippen molar-refractivity contribution in [3.8, 4) is 5.69 Å². The molecule has 38 heavy (non-hydrogen) atoms. The highest BCUT2D eigenvalue weighted by Gasteiger charge is 2.30. The molecule has 0 radical (unpaired) electrons. The van der Waals surface area contributed by atoms with Crippen molar-refractivity contribution in [1.82, 2.24) is 30.0 Å². The Morgan fingerprint density at radius 3 is 2.76 bits per heavy atom. The van der Waals surface area contributed by atoms with E-state index in [9.17, 15) is 18.0 Å². The predicted molar refractivity (Wildman–Crippen MR) is 138 cm³/mol. The first kappa shape index (κ1) is 24.3. The summed E-state index contributed by atoms with van der Waals surface area (Å²) in [4.78, 5) is 28.1. The number of benzene rings is 2. The van der Waals surface area contributed by atoms with E-state index in [0.29, 0.717) is 35.6 Å². The summed E-state index contributed by atoms with van der Waals surface area (Å²) in [6, 6.07) is 10.8. The van der Waals surface area contributed by atoms with Crippen molar-refractivity contribution in [3.05, 3.63) is 71.6 Å². The number of nitrogens with zero attached hydrogens (tertiary/aromatic N) is 6. The summed E-state index contributed by atoms with van der Waals surface area (Å²) in [6.45, 7) is 1.65. The zero-order valence-corrected chi connectivity index (χ0v) is 20.8. The minimum absolute atomic E-state index is 0.0150. The monoisotopic (exact) mass is 537 g/mol. The van der Waals surface area contributed by atoms with Gasteiger partial charge < -0.3 is 10.2 Å². The molecule has 5 aromatic rings. The maximum absolute atomic E-state index is 13.0. The van der Waals surface area contributed by atoms with Gasteiger partial charge in [-0.1, -0.05) is 6.07 Å². The normalized spacial score (nSPS) is 16.3. The number of alkyl halides is 3. The third kappa shape index (κ3) is 4.78. The van der Waals surface area contributed by atoms with E-state index in [1.165, 1.54) is 23.1 Å². The van der Waals surface area contributed by atoms with Crippen molar-refractivity contribution in [3.63, 3.8) is 0 Å². The van der Waals surface area contributed by atoms with E-state index in [0.717, 1.165) is 47.3 Å². The van der Waals surface area contributed by atoms with Crippen LogP contribution in [0.25, 0.3) is 26.9 Å². The van der Waals surface area contributed by atoms with Crippen LogP contribution in [0.15, 0.2) is 60.5 Å². The van der Waals surface area contributed by atoms with Gasteiger partial charge >= 0.3 is 6.18 Å². The Morgan fingerprint density at radius 1 is 1.11 bits per heavy atom. The van der Waals surface area contributed by atoms with Crippen LogP contribution < -0.4 is 10.2 Å². The van der Waals surface area contributed by atoms with Crippen molar-refractivity contribution in [2.24, 2.45) is 5.92 Å². The Bertz CT molecular complexity index is 1610. The van der Waals surface area contributed by atoms with Crippen molar-refractivity contribution in [1.29, 1.82) is 0 Å². The van der Waals surface area contributed by atoms with Crippen LogP contribution in [0.2, 0.25) is 0 Å². The number of rotatable bonds is 5. The second kappa shape index (κ2) is 9.67. The average molecular weight is 538 g/mol. The van der Waals surface area contributed by atoms with Crippen LogP contribution in [-0.4, -0.2) is 43.7 Å². The van der Waals surface area contributed by atoms with Gasteiger partial charge in [0.25, 0.3) is 0 Å². The molecule has 194 valence electrons. The maximum Gasteiger partial charge on any atom is 0.416 e. The predicted octanol–water partition coefficient (Wildman–Crippen LogP) is 4.98. The standard InChI is InChI=1S/C26H22F3N7OS/c27-26(28,29)18-4-6-19(7-5-18)36-13-20-23(34-36)31-14-32-24(20)35-9-1-2-17(12-35)25(37)30-11-16-3-8-22-21(10-16)33-15-38-22/h3-8,10,13-15,17H,1-2,9,11-12H2,(H,30,37). The zero-order chi connectivity index (χ0) is 26.3. The molecule has 0 spiro atoms. The van der Waals surface area contributed by atoms with E-state index >= 15 is 0 Å². The number of hydrogen-bond donors (Lipinski definition) is 1. The smallest absolute Gasteiger partial charge is 0.355 e. The fourth-order valence-electron chi connectivity index (χ4n) is 4.74. The van der Waals surface area contributed by atoms with Gasteiger partial charge in [0.1, 0.15) is 12.1 Å². The number of carbonyl (C=O) groups excluding carboxylic acids is 1. The van der Waals surface area contributed by atoms with Crippen molar-refractivity contribution in [2.75, 3.05) is 18.0 Å². The lowest BCUT2D eigenvalue weighted by Gasteiger charge is -2.33. The molecule has 0 bridgehead atoms. The molecule has 1 unspecified atom stereocenters. The Balaban J connectivity index is 1.17. The fraction of sp³-hybridized carbons (Fsp3) is 0.269. The number of thiazole rings is 1. The van der Waals surface area contributed by atoms with Gasteiger partial charge in [-0.25, -0.2) is 19.6 Å².